The number of nitrogens with zero attached hydrogens (tertiary/aromatic N) is 2. The summed E-state index contributed by atoms with van der Waals surface area (Å²) in [7, 11) is 0. The number of rotatable bonds is 4. The second-order valence-corrected chi connectivity index (χ2v) is 7.40. The topological polar surface area (TPSA) is 29.5 Å². The van der Waals surface area contributed by atoms with Crippen LogP contribution in [0.5, 0.6) is 0 Å². The van der Waals surface area contributed by atoms with E-state index in [1.165, 1.54) is 16.1 Å². The van der Waals surface area contributed by atoms with Crippen LogP contribution in [0.3, 0.4) is 0 Å². The molecule has 0 aliphatic carbocycles. The van der Waals surface area contributed by atoms with Crippen molar-refractivity contribution >= 4 is 23.1 Å². The number of carbonyl (C=O) groups excluding carboxylic acids is 1. The van der Waals surface area contributed by atoms with Gasteiger partial charge in [-0.2, -0.15) is 0 Å². The molecule has 1 saturated heterocycles. The fourth-order valence-electron chi connectivity index (χ4n) is 3.53. The molecule has 0 radical (unpaired) electrons. The van der Waals surface area contributed by atoms with Crippen LogP contribution in [0.1, 0.15) is 17.4 Å². The van der Waals surface area contributed by atoms with Crippen LogP contribution in [0.2, 0.25) is 0 Å². The lowest BCUT2D eigenvalue weighted by molar-refractivity contribution is -0.0000143. The predicted octanol–water partition coefficient (Wildman–Crippen LogP) is 1.04. The van der Waals surface area contributed by atoms with Gasteiger partial charge in [-0.3, -0.25) is 9.38 Å². The smallest absolute Gasteiger partial charge is 0.410 e. The summed E-state index contributed by atoms with van der Waals surface area (Å²) in [5.74, 6) is 0. The Morgan fingerprint density at radius 2 is 1.88 bits per heavy atom. The van der Waals surface area contributed by atoms with E-state index in [1.807, 2.05) is 11.8 Å². The molecule has 1 fully saturated rings. The number of amides is 1. The van der Waals surface area contributed by atoms with E-state index in [1.54, 1.807) is 11.3 Å². The number of thiophene rings is 1. The van der Waals surface area contributed by atoms with Gasteiger partial charge in [-0.1, -0.05) is 30.3 Å². The molecule has 3 rings (SSSR count). The summed E-state index contributed by atoms with van der Waals surface area (Å²) in [6.07, 6.45) is -0.183. The minimum atomic E-state index is -0.183. The zero-order chi connectivity index (χ0) is 17.0. The first-order valence-corrected chi connectivity index (χ1v) is 9.39. The molecule has 0 N–H and O–H groups in total. The number of hydrogen-bond acceptors (Lipinski definition) is 3. The Morgan fingerprint density at radius 1 is 1.20 bits per heavy atom. The molecular weight excluding hydrogens is 400 g/mol. The number of piperazine rings is 1. The summed E-state index contributed by atoms with van der Waals surface area (Å²) < 4.78 is 6.08. The first-order valence-electron chi connectivity index (χ1n) is 8.51. The van der Waals surface area contributed by atoms with Crippen molar-refractivity contribution in [1.82, 2.24) is 9.38 Å². The third kappa shape index (κ3) is 4.43. The molecule has 6 heteroatoms. The van der Waals surface area contributed by atoms with Gasteiger partial charge in [0.2, 0.25) is 0 Å². The first-order chi connectivity index (χ1) is 11.6. The molecule has 136 valence electrons. The second-order valence-electron chi connectivity index (χ2n) is 6.28. The summed E-state index contributed by atoms with van der Waals surface area (Å²) in [5.41, 5.74) is 2.74. The van der Waals surface area contributed by atoms with Crippen LogP contribution in [-0.4, -0.2) is 43.8 Å². The van der Waals surface area contributed by atoms with E-state index >= 15 is 0 Å². The van der Waals surface area contributed by atoms with Crippen molar-refractivity contribution in [1.29, 1.82) is 0 Å². The van der Waals surface area contributed by atoms with Crippen molar-refractivity contribution in [2.24, 2.45) is 0 Å². The fourth-order valence-corrected chi connectivity index (χ4v) is 4.32. The molecule has 0 atom stereocenters. The lowest BCUT2D eigenvalue weighted by Gasteiger charge is -2.44. The molecule has 1 amide bonds. The molecule has 0 bridgehead atoms. The van der Waals surface area contributed by atoms with Crippen molar-refractivity contribution in [3.05, 3.63) is 52.2 Å². The minimum Gasteiger partial charge on any atom is -1.00 e. The van der Waals surface area contributed by atoms with E-state index in [4.69, 9.17) is 4.74 Å². The van der Waals surface area contributed by atoms with Gasteiger partial charge in [0.1, 0.15) is 25.3 Å². The van der Waals surface area contributed by atoms with Gasteiger partial charge in [0.25, 0.3) is 0 Å². The van der Waals surface area contributed by atoms with Gasteiger partial charge in [-0.05, 0) is 19.2 Å². The van der Waals surface area contributed by atoms with Crippen molar-refractivity contribution in [3.8, 4) is 0 Å². The zero-order valence-electron chi connectivity index (χ0n) is 14.8. The molecule has 25 heavy (non-hydrogen) atoms. The molecule has 0 saturated carbocycles. The molecule has 1 aromatic carbocycles. The Hall–Kier alpha value is -1.37. The van der Waals surface area contributed by atoms with Gasteiger partial charge in [0, 0.05) is 11.6 Å². The largest absolute Gasteiger partial charge is 1.00 e. The predicted molar refractivity (Wildman–Crippen MR) is 99.3 cm³/mol. The van der Waals surface area contributed by atoms with E-state index in [2.05, 4.69) is 48.7 Å². The third-order valence-corrected chi connectivity index (χ3v) is 5.63. The first kappa shape index (κ1) is 19.9. The molecule has 1 aliphatic heterocycles. The molecule has 0 unspecified atom stereocenters. The van der Waals surface area contributed by atoms with E-state index < -0.39 is 0 Å². The second kappa shape index (κ2) is 8.83. The number of aryl methyl sites for hydroxylation is 1. The number of hydrogen-bond donors (Lipinski definition) is 0. The van der Waals surface area contributed by atoms with Crippen molar-refractivity contribution in [3.63, 3.8) is 0 Å². The normalized spacial score (nSPS) is 16.2. The fraction of sp³-hybridized carbons (Fsp3) is 0.421. The van der Waals surface area contributed by atoms with Crippen molar-refractivity contribution < 1.29 is 26.5 Å². The Labute approximate surface area is 164 Å². The Bertz CT molecular complexity index is 682. The molecule has 0 spiro atoms. The molecule has 1 aromatic heterocycles. The van der Waals surface area contributed by atoms with Crippen LogP contribution in [0, 0.1) is 6.92 Å². The zero-order valence-corrected chi connectivity index (χ0v) is 17.2. The highest BCUT2D eigenvalue weighted by Gasteiger charge is 2.38. The van der Waals surface area contributed by atoms with Crippen LogP contribution in [0.15, 0.2) is 41.8 Å². The number of quaternary nitrogens is 1. The number of carbonyl (C=O) groups is 1. The molecule has 1 aliphatic rings. The maximum Gasteiger partial charge on any atom is 0.410 e. The van der Waals surface area contributed by atoms with Crippen molar-refractivity contribution in [2.75, 3.05) is 32.8 Å². The SMILES string of the molecule is CCOC(=O)N1CC[N+](Cc2ccccc2)(c2ccsc2C)CC1.[Br-]. The van der Waals surface area contributed by atoms with Crippen LogP contribution < -0.4 is 21.5 Å². The average Bonchev–Trinajstić information content (AvgIpc) is 3.03. The number of benzene rings is 1. The maximum atomic E-state index is 12.0. The summed E-state index contributed by atoms with van der Waals surface area (Å²) in [5, 5.41) is 2.17. The van der Waals surface area contributed by atoms with Crippen LogP contribution in [0.25, 0.3) is 0 Å². The van der Waals surface area contributed by atoms with Gasteiger partial charge in [-0.15, -0.1) is 11.3 Å². The van der Waals surface area contributed by atoms with Gasteiger partial charge >= 0.3 is 6.09 Å². The summed E-state index contributed by atoms with van der Waals surface area (Å²) in [6.45, 7) is 8.77. The van der Waals surface area contributed by atoms with Gasteiger partial charge in [0.05, 0.1) is 24.6 Å². The highest BCUT2D eigenvalue weighted by molar-refractivity contribution is 7.10. The van der Waals surface area contributed by atoms with E-state index in [9.17, 15) is 4.79 Å². The minimum absolute atomic E-state index is 0. The van der Waals surface area contributed by atoms with Crippen molar-refractivity contribution in [2.45, 2.75) is 20.4 Å². The van der Waals surface area contributed by atoms with Gasteiger partial charge in [0.15, 0.2) is 0 Å². The summed E-state index contributed by atoms with van der Waals surface area (Å²) >= 11 is 1.80. The van der Waals surface area contributed by atoms with E-state index in [0.29, 0.717) is 6.61 Å². The Morgan fingerprint density at radius 3 is 2.44 bits per heavy atom. The maximum absolute atomic E-state index is 12.0. The van der Waals surface area contributed by atoms with Crippen LogP contribution >= 0.6 is 11.3 Å². The molecular formula is C19H25BrN2O2S. The van der Waals surface area contributed by atoms with Crippen LogP contribution in [0.4, 0.5) is 10.5 Å². The quantitative estimate of drug-likeness (QED) is 0.686. The average molecular weight is 425 g/mol. The highest BCUT2D eigenvalue weighted by Crippen LogP contribution is 2.34. The number of ether oxygens (including phenoxy) is 1. The molecule has 4 nitrogen and oxygen atoms in total. The van der Waals surface area contributed by atoms with E-state index in [0.717, 1.165) is 37.2 Å². The molecule has 2 heterocycles. The summed E-state index contributed by atoms with van der Waals surface area (Å²) in [6, 6.07) is 12.9. The van der Waals surface area contributed by atoms with Crippen LogP contribution in [-0.2, 0) is 11.3 Å². The Balaban J connectivity index is 0.00000225. The summed E-state index contributed by atoms with van der Waals surface area (Å²) in [4.78, 5) is 15.2. The Kier molecular flexibility index (Phi) is 7.04. The standard InChI is InChI=1S/C19H25N2O2S.BrH/c1-3-23-19(22)20-10-12-21(13-11-20,18-9-14-24-16(18)2)15-17-7-5-4-6-8-17;/h4-9,14H,3,10-13,15H2,1-2H3;1H/q+1;/p-1. The number of halogens is 1. The lowest BCUT2D eigenvalue weighted by atomic mass is 10.1. The lowest BCUT2D eigenvalue weighted by Crippen LogP contribution is -3.00. The molecule has 2 aromatic rings. The van der Waals surface area contributed by atoms with E-state index in [-0.39, 0.29) is 23.1 Å². The monoisotopic (exact) mass is 424 g/mol. The highest BCUT2D eigenvalue weighted by atomic mass is 79.9. The van der Waals surface area contributed by atoms with Gasteiger partial charge < -0.3 is 21.7 Å². The van der Waals surface area contributed by atoms with Gasteiger partial charge in [-0.25, -0.2) is 4.79 Å². The third-order valence-electron chi connectivity index (χ3n) is 4.79.